The highest BCUT2D eigenvalue weighted by Gasteiger charge is 2.01. The lowest BCUT2D eigenvalue weighted by Crippen LogP contribution is -1.86. The molecule has 1 nitrogen and oxygen atoms in total. The second-order valence-corrected chi connectivity index (χ2v) is 2.45. The van der Waals surface area contributed by atoms with Gasteiger partial charge in [0.05, 0.1) is 0 Å². The lowest BCUT2D eigenvalue weighted by atomic mass is 10.4. The van der Waals surface area contributed by atoms with E-state index in [2.05, 4.69) is 0 Å². The Bertz CT molecular complexity index is 134. The highest BCUT2D eigenvalue weighted by molar-refractivity contribution is 6.70. The Hall–Kier alpha value is 0.280. The summed E-state index contributed by atoms with van der Waals surface area (Å²) in [6.45, 7) is 1.45. The van der Waals surface area contributed by atoms with Crippen LogP contribution in [0.5, 0.6) is 0 Å². The summed E-state index contributed by atoms with van der Waals surface area (Å²) in [5.74, 6) is 0. The minimum absolute atomic E-state index is 0.0787. The first kappa shape index (κ1) is 8.28. The Morgan fingerprint density at radius 2 is 1.62 bits per heavy atom. The third-order valence-corrected chi connectivity index (χ3v) is 1.43. The summed E-state index contributed by atoms with van der Waals surface area (Å²) in [7, 11) is 0. The highest BCUT2D eigenvalue weighted by atomic mass is 35.5. The molecule has 0 N–H and O–H groups in total. The minimum atomic E-state index is -0.620. The van der Waals surface area contributed by atoms with Gasteiger partial charge < -0.3 is 0 Å². The van der Waals surface area contributed by atoms with Gasteiger partial charge in [-0.2, -0.15) is 0 Å². The molecular formula is C4H3Cl3O. The molecule has 0 aliphatic heterocycles. The Morgan fingerprint density at radius 3 is 1.62 bits per heavy atom. The van der Waals surface area contributed by atoms with Crippen LogP contribution in [0, 0.1) is 0 Å². The predicted octanol–water partition coefficient (Wildman–Crippen LogP) is 2.46. The van der Waals surface area contributed by atoms with E-state index in [1.54, 1.807) is 0 Å². The second-order valence-electron chi connectivity index (χ2n) is 1.16. The Morgan fingerprint density at radius 1 is 1.25 bits per heavy atom. The summed E-state index contributed by atoms with van der Waals surface area (Å²) in [5, 5.41) is -0.620. The fourth-order valence-corrected chi connectivity index (χ4v) is 0.437. The molecule has 0 atom stereocenters. The maximum Gasteiger partial charge on any atom is 0.250 e. The summed E-state index contributed by atoms with van der Waals surface area (Å²) in [6, 6.07) is 0. The summed E-state index contributed by atoms with van der Waals surface area (Å²) in [6.07, 6.45) is 0. The Balaban J connectivity index is 4.23. The van der Waals surface area contributed by atoms with E-state index in [0.29, 0.717) is 0 Å². The van der Waals surface area contributed by atoms with Crippen LogP contribution < -0.4 is 0 Å². The van der Waals surface area contributed by atoms with Crippen molar-refractivity contribution in [2.24, 2.45) is 0 Å². The van der Waals surface area contributed by atoms with Crippen LogP contribution in [0.15, 0.2) is 10.1 Å². The van der Waals surface area contributed by atoms with Crippen LogP contribution in [0.1, 0.15) is 6.92 Å². The molecule has 0 aliphatic carbocycles. The topological polar surface area (TPSA) is 17.1 Å². The van der Waals surface area contributed by atoms with Crippen LogP contribution in [-0.4, -0.2) is 5.24 Å². The lowest BCUT2D eigenvalue weighted by molar-refractivity contribution is -0.108. The smallest absolute Gasteiger partial charge is 0.250 e. The molecule has 0 radical (unpaired) electrons. The molecule has 4 heteroatoms. The molecule has 0 aromatic rings. The maximum atomic E-state index is 10.1. The quantitative estimate of drug-likeness (QED) is 0.440. The van der Waals surface area contributed by atoms with E-state index in [1.807, 2.05) is 0 Å². The van der Waals surface area contributed by atoms with Gasteiger partial charge in [0.2, 0.25) is 5.24 Å². The maximum absolute atomic E-state index is 10.1. The van der Waals surface area contributed by atoms with E-state index < -0.39 is 5.24 Å². The van der Waals surface area contributed by atoms with Crippen LogP contribution in [0.3, 0.4) is 0 Å². The van der Waals surface area contributed by atoms with Gasteiger partial charge in [-0.05, 0) is 18.5 Å². The van der Waals surface area contributed by atoms with Crippen LogP contribution in [0.25, 0.3) is 0 Å². The molecule has 0 aliphatic rings. The number of rotatable bonds is 1. The molecule has 0 amide bonds. The normalized spacial score (nSPS) is 8.50. The van der Waals surface area contributed by atoms with E-state index in [1.165, 1.54) is 6.92 Å². The van der Waals surface area contributed by atoms with Crippen molar-refractivity contribution in [3.63, 3.8) is 0 Å². The molecule has 0 bridgehead atoms. The van der Waals surface area contributed by atoms with E-state index >= 15 is 0 Å². The number of carbonyl (C=O) groups excluding carboxylic acids is 1. The van der Waals surface area contributed by atoms with Crippen molar-refractivity contribution in [2.45, 2.75) is 6.92 Å². The molecule has 0 aromatic carbocycles. The molecule has 0 aromatic heterocycles. The average Bonchev–Trinajstić information content (AvgIpc) is 1.64. The van der Waals surface area contributed by atoms with Gasteiger partial charge in [0, 0.05) is 5.57 Å². The van der Waals surface area contributed by atoms with Crippen molar-refractivity contribution in [3.8, 4) is 0 Å². The molecule has 0 heterocycles. The van der Waals surface area contributed by atoms with Crippen molar-refractivity contribution in [2.75, 3.05) is 0 Å². The zero-order valence-corrected chi connectivity index (χ0v) is 6.31. The van der Waals surface area contributed by atoms with E-state index in [0.717, 1.165) is 0 Å². The molecule has 0 saturated carbocycles. The number of hydrogen-bond acceptors (Lipinski definition) is 1. The standard InChI is InChI=1S/C4H3Cl3O/c1-2(3(5)6)4(7)8/h1H3. The lowest BCUT2D eigenvalue weighted by Gasteiger charge is -1.87. The van der Waals surface area contributed by atoms with E-state index in [9.17, 15) is 4.79 Å². The highest BCUT2D eigenvalue weighted by Crippen LogP contribution is 2.14. The fourth-order valence-electron chi connectivity index (χ4n) is 0.0743. The SMILES string of the molecule is CC(C(=O)Cl)=C(Cl)Cl. The van der Waals surface area contributed by atoms with Crippen LogP contribution in [-0.2, 0) is 4.79 Å². The Labute approximate surface area is 62.2 Å². The summed E-state index contributed by atoms with van der Waals surface area (Å²) in [4.78, 5) is 10.1. The first-order valence-electron chi connectivity index (χ1n) is 1.77. The third kappa shape index (κ3) is 2.55. The van der Waals surface area contributed by atoms with Crippen molar-refractivity contribution in [1.29, 1.82) is 0 Å². The van der Waals surface area contributed by atoms with Crippen molar-refractivity contribution in [1.82, 2.24) is 0 Å². The largest absolute Gasteiger partial charge is 0.276 e. The fraction of sp³-hybridized carbons (Fsp3) is 0.250. The van der Waals surface area contributed by atoms with Gasteiger partial charge in [0.25, 0.3) is 0 Å². The second kappa shape index (κ2) is 3.33. The Kier molecular flexibility index (Phi) is 3.45. The molecule has 8 heavy (non-hydrogen) atoms. The predicted molar refractivity (Wildman–Crippen MR) is 35.3 cm³/mol. The van der Waals surface area contributed by atoms with Gasteiger partial charge in [0.1, 0.15) is 4.49 Å². The first-order chi connectivity index (χ1) is 3.55. The van der Waals surface area contributed by atoms with Crippen LogP contribution in [0.2, 0.25) is 0 Å². The molecular weight excluding hydrogens is 170 g/mol. The van der Waals surface area contributed by atoms with Gasteiger partial charge in [-0.1, -0.05) is 23.2 Å². The number of halogens is 3. The molecule has 0 rings (SSSR count). The monoisotopic (exact) mass is 172 g/mol. The van der Waals surface area contributed by atoms with Gasteiger partial charge in [0.15, 0.2) is 0 Å². The van der Waals surface area contributed by atoms with Gasteiger partial charge >= 0.3 is 0 Å². The van der Waals surface area contributed by atoms with Crippen LogP contribution >= 0.6 is 34.8 Å². The van der Waals surface area contributed by atoms with Crippen LogP contribution in [0.4, 0.5) is 0 Å². The van der Waals surface area contributed by atoms with Gasteiger partial charge in [-0.3, -0.25) is 4.79 Å². The van der Waals surface area contributed by atoms with Gasteiger partial charge in [-0.25, -0.2) is 0 Å². The zero-order valence-electron chi connectivity index (χ0n) is 4.04. The van der Waals surface area contributed by atoms with Gasteiger partial charge in [-0.15, -0.1) is 0 Å². The molecule has 46 valence electrons. The average molecular weight is 173 g/mol. The zero-order chi connectivity index (χ0) is 6.73. The van der Waals surface area contributed by atoms with Crippen molar-refractivity contribution in [3.05, 3.63) is 10.1 Å². The molecule has 0 unspecified atom stereocenters. The number of allylic oxidation sites excluding steroid dienone is 1. The summed E-state index contributed by atoms with van der Waals surface area (Å²) >= 11 is 15.3. The number of hydrogen-bond donors (Lipinski definition) is 0. The molecule has 0 fully saturated rings. The van der Waals surface area contributed by atoms with Crippen molar-refractivity contribution < 1.29 is 4.79 Å². The van der Waals surface area contributed by atoms with Crippen molar-refractivity contribution >= 4 is 40.0 Å². The summed E-state index contributed by atoms with van der Waals surface area (Å²) in [5.41, 5.74) is 0.176. The number of carbonyl (C=O) groups is 1. The third-order valence-electron chi connectivity index (χ3n) is 0.578. The van der Waals surface area contributed by atoms with E-state index in [4.69, 9.17) is 34.8 Å². The summed E-state index contributed by atoms with van der Waals surface area (Å²) < 4.78 is -0.0787. The minimum Gasteiger partial charge on any atom is -0.276 e. The molecule has 0 spiro atoms. The molecule has 0 saturated heterocycles. The first-order valence-corrected chi connectivity index (χ1v) is 2.90. The van der Waals surface area contributed by atoms with E-state index in [-0.39, 0.29) is 10.1 Å².